The Morgan fingerprint density at radius 1 is 1.05 bits per heavy atom. The number of likely N-dealkylation sites (tertiary alicyclic amines) is 1. The molecule has 0 saturated carbocycles. The van der Waals surface area contributed by atoms with Crippen LogP contribution >= 0.6 is 0 Å². The number of amides is 1. The molecule has 3 rings (SSSR count). The van der Waals surface area contributed by atoms with Gasteiger partial charge in [-0.15, -0.1) is 0 Å². The van der Waals surface area contributed by atoms with Gasteiger partial charge in [-0.3, -0.25) is 4.79 Å². The summed E-state index contributed by atoms with van der Waals surface area (Å²) in [6.07, 6.45) is 8.79. The molecular formula is C30H45F3N4O3S. The van der Waals surface area contributed by atoms with Crippen molar-refractivity contribution >= 4 is 28.3 Å². The maximum atomic E-state index is 14.6. The van der Waals surface area contributed by atoms with E-state index in [9.17, 15) is 27.3 Å². The van der Waals surface area contributed by atoms with E-state index in [1.807, 2.05) is 53.7 Å². The van der Waals surface area contributed by atoms with Gasteiger partial charge in [-0.1, -0.05) is 52.0 Å². The highest BCUT2D eigenvalue weighted by Gasteiger charge is 2.44. The Morgan fingerprint density at radius 3 is 2.20 bits per heavy atom. The molecule has 4 N–H and O–H groups in total. The molecule has 1 heterocycles. The van der Waals surface area contributed by atoms with Crippen molar-refractivity contribution in [3.8, 4) is 0 Å². The highest BCUT2D eigenvalue weighted by atomic mass is 32.2. The maximum Gasteiger partial charge on any atom is 0.256 e. The number of anilines is 2. The van der Waals surface area contributed by atoms with Crippen LogP contribution in [0.5, 0.6) is 0 Å². The summed E-state index contributed by atoms with van der Waals surface area (Å²) in [5, 5.41) is 15.9. The topological polar surface area (TPSA) is 93.7 Å². The SMILES string of the molecule is C/C=C\C.CC.CC.Cc1ccc(Nc2c(C(=O)N3CC(O)(CN/C=C/CNS(C)=O)C3)ccc(F)c2F)c(F)c1. The van der Waals surface area contributed by atoms with Crippen LogP contribution in [0.4, 0.5) is 24.5 Å². The van der Waals surface area contributed by atoms with Crippen LogP contribution in [0.15, 0.2) is 54.8 Å². The molecule has 41 heavy (non-hydrogen) atoms. The van der Waals surface area contributed by atoms with Crippen LogP contribution < -0.4 is 15.4 Å². The fraction of sp³-hybridized carbons (Fsp3) is 0.433. The number of hydrogen-bond acceptors (Lipinski definition) is 5. The van der Waals surface area contributed by atoms with Gasteiger partial charge in [0.05, 0.1) is 41.0 Å². The van der Waals surface area contributed by atoms with Crippen LogP contribution in [0.3, 0.4) is 0 Å². The van der Waals surface area contributed by atoms with Gasteiger partial charge in [0.2, 0.25) is 0 Å². The quantitative estimate of drug-likeness (QED) is 0.267. The lowest BCUT2D eigenvalue weighted by Crippen LogP contribution is -2.66. The minimum atomic E-state index is -1.30. The van der Waals surface area contributed by atoms with E-state index in [1.165, 1.54) is 23.3 Å². The Kier molecular flexibility index (Phi) is 18.3. The van der Waals surface area contributed by atoms with E-state index < -0.39 is 45.6 Å². The number of allylic oxidation sites excluding steroid dienone is 2. The van der Waals surface area contributed by atoms with Crippen LogP contribution in [0.2, 0.25) is 0 Å². The molecule has 1 aliphatic rings. The van der Waals surface area contributed by atoms with Crippen LogP contribution in [0.1, 0.15) is 57.5 Å². The monoisotopic (exact) mass is 598 g/mol. The first-order chi connectivity index (χ1) is 19.5. The van der Waals surface area contributed by atoms with Crippen LogP contribution in [-0.4, -0.2) is 58.2 Å². The predicted octanol–water partition coefficient (Wildman–Crippen LogP) is 5.96. The Hall–Kier alpha value is -3.15. The number of β-amino-alcohol motifs (C(OH)–C–C–N with tert-alkyl or cyclic N) is 1. The van der Waals surface area contributed by atoms with Gasteiger partial charge in [-0.05, 0) is 56.8 Å². The Labute approximate surface area is 245 Å². The van der Waals surface area contributed by atoms with Crippen molar-refractivity contribution in [2.24, 2.45) is 0 Å². The molecule has 2 aromatic carbocycles. The van der Waals surface area contributed by atoms with Crippen molar-refractivity contribution in [3.63, 3.8) is 0 Å². The fourth-order valence-corrected chi connectivity index (χ4v) is 3.68. The van der Waals surface area contributed by atoms with E-state index in [1.54, 1.807) is 25.3 Å². The van der Waals surface area contributed by atoms with Crippen molar-refractivity contribution in [1.29, 1.82) is 0 Å². The van der Waals surface area contributed by atoms with E-state index in [0.717, 1.165) is 12.1 Å². The van der Waals surface area contributed by atoms with Crippen LogP contribution in [-0.2, 0) is 11.0 Å². The maximum absolute atomic E-state index is 14.6. The lowest BCUT2D eigenvalue weighted by Gasteiger charge is -2.46. The standard InChI is InChI=1S/C22H25F3N4O3S.C4H8.2C2H6/c1-14-4-7-18(17(24)10-14)28-20-15(5-6-16(23)19(20)25)21(30)29-12-22(31,13-29)11-26-8-3-9-27-33(2)32;1-3-4-2;2*1-2/h3-8,10,26-28,31H,9,11-13H2,1-2H3;3-4H,1-2H3;2*1-2H3/b8-3+;4-3-;;. The minimum Gasteiger partial charge on any atom is -0.388 e. The van der Waals surface area contributed by atoms with Crippen molar-refractivity contribution in [2.45, 2.75) is 54.1 Å². The second-order valence-electron chi connectivity index (χ2n) is 8.53. The zero-order chi connectivity index (χ0) is 31.6. The van der Waals surface area contributed by atoms with E-state index in [4.69, 9.17) is 0 Å². The number of rotatable bonds is 9. The normalized spacial score (nSPS) is 14.0. The molecule has 1 amide bonds. The van der Waals surface area contributed by atoms with Gasteiger partial charge >= 0.3 is 0 Å². The first-order valence-corrected chi connectivity index (χ1v) is 15.1. The third-order valence-electron chi connectivity index (χ3n) is 5.37. The lowest BCUT2D eigenvalue weighted by atomic mass is 9.93. The van der Waals surface area contributed by atoms with Crippen molar-refractivity contribution in [1.82, 2.24) is 14.9 Å². The lowest BCUT2D eigenvalue weighted by molar-refractivity contribution is -0.0768. The molecule has 1 fully saturated rings. The largest absolute Gasteiger partial charge is 0.388 e. The number of nitrogens with one attached hydrogen (secondary N) is 3. The molecule has 1 aliphatic heterocycles. The number of benzene rings is 2. The molecule has 230 valence electrons. The van der Waals surface area contributed by atoms with E-state index in [-0.39, 0.29) is 30.9 Å². The summed E-state index contributed by atoms with van der Waals surface area (Å²) >= 11 is 0. The summed E-state index contributed by atoms with van der Waals surface area (Å²) in [4.78, 5) is 14.2. The highest BCUT2D eigenvalue weighted by molar-refractivity contribution is 7.82. The Balaban J connectivity index is 0.00000180. The summed E-state index contributed by atoms with van der Waals surface area (Å²) in [7, 11) is -1.13. The zero-order valence-corrected chi connectivity index (χ0v) is 26.1. The third kappa shape index (κ3) is 12.5. The first kappa shape index (κ1) is 37.9. The Bertz CT molecular complexity index is 1170. The first-order valence-electron chi connectivity index (χ1n) is 13.6. The number of halogens is 3. The summed E-state index contributed by atoms with van der Waals surface area (Å²) in [5.41, 5.74) is -1.30. The van der Waals surface area contributed by atoms with Gasteiger partial charge in [0.15, 0.2) is 11.6 Å². The average Bonchev–Trinajstić information content (AvgIpc) is 2.95. The molecular weight excluding hydrogens is 553 g/mol. The number of carbonyl (C=O) groups excluding carboxylic acids is 1. The number of aliphatic hydroxyl groups is 1. The van der Waals surface area contributed by atoms with Crippen LogP contribution in [0.25, 0.3) is 0 Å². The summed E-state index contributed by atoms with van der Waals surface area (Å²) in [5.74, 6) is -3.78. The van der Waals surface area contributed by atoms with Crippen molar-refractivity contribution < 1.29 is 27.3 Å². The molecule has 1 unspecified atom stereocenters. The molecule has 2 aromatic rings. The van der Waals surface area contributed by atoms with Gasteiger partial charge in [0, 0.05) is 19.3 Å². The molecule has 1 saturated heterocycles. The number of hydrogen-bond donors (Lipinski definition) is 4. The second-order valence-corrected chi connectivity index (χ2v) is 9.73. The summed E-state index contributed by atoms with van der Waals surface area (Å²) in [6.45, 7) is 14.2. The minimum absolute atomic E-state index is 0.0266. The van der Waals surface area contributed by atoms with Crippen molar-refractivity contribution in [3.05, 3.63) is 83.3 Å². The molecule has 11 heteroatoms. The second kappa shape index (κ2) is 19.8. The van der Waals surface area contributed by atoms with E-state index in [2.05, 4.69) is 15.4 Å². The molecule has 0 bridgehead atoms. The van der Waals surface area contributed by atoms with Gasteiger partial charge in [-0.2, -0.15) is 0 Å². The molecule has 0 radical (unpaired) electrons. The summed E-state index contributed by atoms with van der Waals surface area (Å²) < 4.78 is 56.3. The van der Waals surface area contributed by atoms with Gasteiger partial charge in [0.25, 0.3) is 5.91 Å². The van der Waals surface area contributed by atoms with Gasteiger partial charge in [-0.25, -0.2) is 22.1 Å². The molecule has 7 nitrogen and oxygen atoms in total. The number of carbonyl (C=O) groups is 1. The molecule has 1 atom stereocenters. The average molecular weight is 599 g/mol. The van der Waals surface area contributed by atoms with Gasteiger partial charge in [0.1, 0.15) is 11.4 Å². The number of nitrogens with zero attached hydrogens (tertiary/aromatic N) is 1. The third-order valence-corrected chi connectivity index (χ3v) is 5.94. The van der Waals surface area contributed by atoms with E-state index >= 15 is 0 Å². The summed E-state index contributed by atoms with van der Waals surface area (Å²) in [6, 6.07) is 6.15. The van der Waals surface area contributed by atoms with Crippen LogP contribution in [0, 0.1) is 24.4 Å². The van der Waals surface area contributed by atoms with E-state index in [0.29, 0.717) is 12.1 Å². The highest BCUT2D eigenvalue weighted by Crippen LogP contribution is 2.31. The molecule has 0 spiro atoms. The zero-order valence-electron chi connectivity index (χ0n) is 25.3. The number of aryl methyl sites for hydroxylation is 1. The smallest absolute Gasteiger partial charge is 0.256 e. The molecule has 0 aliphatic carbocycles. The predicted molar refractivity (Wildman–Crippen MR) is 164 cm³/mol. The fourth-order valence-electron chi connectivity index (χ4n) is 3.35. The van der Waals surface area contributed by atoms with Gasteiger partial charge < -0.3 is 20.6 Å². The molecule has 0 aromatic heterocycles. The Morgan fingerprint density at radius 2 is 1.66 bits per heavy atom. The van der Waals surface area contributed by atoms with Crippen molar-refractivity contribution in [2.75, 3.05) is 37.8 Å².